The summed E-state index contributed by atoms with van der Waals surface area (Å²) in [5.41, 5.74) is 0. The van der Waals surface area contributed by atoms with Crippen LogP contribution in [0.25, 0.3) is 0 Å². The van der Waals surface area contributed by atoms with E-state index in [1.165, 1.54) is 4.90 Å². The SMILES string of the molecule is O=[C]N1CCC[C@@H]1CO. The van der Waals surface area contributed by atoms with Crippen molar-refractivity contribution in [1.29, 1.82) is 0 Å². The number of aliphatic hydroxyl groups is 1. The van der Waals surface area contributed by atoms with Crippen molar-refractivity contribution in [2.75, 3.05) is 13.2 Å². The van der Waals surface area contributed by atoms with Gasteiger partial charge in [0.05, 0.1) is 12.6 Å². The molecule has 1 radical (unpaired) electrons. The molecule has 0 bridgehead atoms. The van der Waals surface area contributed by atoms with Crippen LogP contribution in [0.1, 0.15) is 12.8 Å². The highest BCUT2D eigenvalue weighted by Gasteiger charge is 2.21. The second kappa shape index (κ2) is 2.82. The lowest BCUT2D eigenvalue weighted by molar-refractivity contribution is 0.204. The van der Waals surface area contributed by atoms with Gasteiger partial charge in [0.2, 0.25) is 0 Å². The van der Waals surface area contributed by atoms with Gasteiger partial charge in [-0.1, -0.05) is 0 Å². The van der Waals surface area contributed by atoms with Crippen molar-refractivity contribution in [3.63, 3.8) is 0 Å². The monoisotopic (exact) mass is 128 g/mol. The molecule has 1 saturated heterocycles. The number of nitrogens with zero attached hydrogens (tertiary/aromatic N) is 1. The summed E-state index contributed by atoms with van der Waals surface area (Å²) in [6.45, 7) is 0.837. The third kappa shape index (κ3) is 1.21. The Morgan fingerprint density at radius 3 is 3.00 bits per heavy atom. The molecule has 1 aliphatic rings. The molecule has 1 atom stereocenters. The maximum Gasteiger partial charge on any atom is 0.312 e. The van der Waals surface area contributed by atoms with E-state index < -0.39 is 0 Å². The van der Waals surface area contributed by atoms with Crippen LogP contribution in [0.3, 0.4) is 0 Å². The Balaban J connectivity index is 2.41. The van der Waals surface area contributed by atoms with Gasteiger partial charge in [-0.05, 0) is 12.8 Å². The number of amides is 1. The summed E-state index contributed by atoms with van der Waals surface area (Å²) in [7, 11) is 0. The standard InChI is InChI=1S/C6H10NO2/c8-4-6-2-1-3-7(6)5-9/h6,8H,1-4H2/t6-/m1/s1. The molecule has 0 saturated carbocycles. The highest BCUT2D eigenvalue weighted by molar-refractivity contribution is 5.49. The quantitative estimate of drug-likeness (QED) is 0.545. The second-order valence-corrected chi connectivity index (χ2v) is 2.26. The first-order valence-corrected chi connectivity index (χ1v) is 3.13. The number of rotatable bonds is 2. The fraction of sp³-hybridized carbons (Fsp3) is 0.833. The number of hydrogen-bond donors (Lipinski definition) is 1. The molecule has 1 amide bonds. The van der Waals surface area contributed by atoms with Gasteiger partial charge in [-0.25, -0.2) is 0 Å². The van der Waals surface area contributed by atoms with Gasteiger partial charge >= 0.3 is 6.41 Å². The summed E-state index contributed by atoms with van der Waals surface area (Å²) < 4.78 is 0. The minimum atomic E-state index is 0.0440. The summed E-state index contributed by atoms with van der Waals surface area (Å²) >= 11 is 0. The Bertz CT molecular complexity index is 105. The molecule has 0 aromatic carbocycles. The van der Waals surface area contributed by atoms with Crippen LogP contribution in [0.4, 0.5) is 0 Å². The first-order chi connectivity index (χ1) is 4.38. The molecule has 9 heavy (non-hydrogen) atoms. The topological polar surface area (TPSA) is 40.5 Å². The molecule has 0 unspecified atom stereocenters. The molecule has 51 valence electrons. The van der Waals surface area contributed by atoms with Crippen LogP contribution in [0, 0.1) is 0 Å². The van der Waals surface area contributed by atoms with E-state index in [0.717, 1.165) is 19.4 Å². The van der Waals surface area contributed by atoms with Gasteiger partial charge in [-0.2, -0.15) is 0 Å². The zero-order valence-corrected chi connectivity index (χ0v) is 5.21. The predicted octanol–water partition coefficient (Wildman–Crippen LogP) is -0.490. The molecule has 0 aromatic heterocycles. The average molecular weight is 128 g/mol. The van der Waals surface area contributed by atoms with Crippen LogP contribution in [0.2, 0.25) is 0 Å². The minimum absolute atomic E-state index is 0.0440. The van der Waals surface area contributed by atoms with Gasteiger partial charge in [-0.15, -0.1) is 0 Å². The van der Waals surface area contributed by atoms with Crippen LogP contribution in [-0.2, 0) is 4.79 Å². The molecule has 0 aliphatic carbocycles. The number of likely N-dealkylation sites (tertiary alicyclic amines) is 1. The molecule has 0 spiro atoms. The maximum atomic E-state index is 10.1. The van der Waals surface area contributed by atoms with E-state index in [0.29, 0.717) is 0 Å². The molecule has 1 fully saturated rings. The number of carbonyl (C=O) groups excluding carboxylic acids is 1. The van der Waals surface area contributed by atoms with E-state index in [1.54, 1.807) is 6.41 Å². The molecule has 3 nitrogen and oxygen atoms in total. The van der Waals surface area contributed by atoms with Crippen molar-refractivity contribution in [1.82, 2.24) is 4.90 Å². The molecular formula is C6H10NO2. The van der Waals surface area contributed by atoms with Gasteiger partial charge in [0.15, 0.2) is 0 Å². The molecule has 1 heterocycles. The smallest absolute Gasteiger partial charge is 0.312 e. The zero-order chi connectivity index (χ0) is 6.69. The highest BCUT2D eigenvalue weighted by Crippen LogP contribution is 2.13. The Morgan fingerprint density at radius 2 is 2.56 bits per heavy atom. The van der Waals surface area contributed by atoms with Crippen molar-refractivity contribution in [2.45, 2.75) is 18.9 Å². The van der Waals surface area contributed by atoms with Crippen molar-refractivity contribution in [3.05, 3.63) is 0 Å². The van der Waals surface area contributed by atoms with Gasteiger partial charge in [0, 0.05) is 6.54 Å². The largest absolute Gasteiger partial charge is 0.394 e. The van der Waals surface area contributed by atoms with E-state index >= 15 is 0 Å². The summed E-state index contributed by atoms with van der Waals surface area (Å²) in [6, 6.07) is 0.0440. The Kier molecular flexibility index (Phi) is 2.05. The number of hydrogen-bond acceptors (Lipinski definition) is 2. The fourth-order valence-electron chi connectivity index (χ4n) is 1.15. The van der Waals surface area contributed by atoms with E-state index in [9.17, 15) is 4.79 Å². The summed E-state index contributed by atoms with van der Waals surface area (Å²) in [4.78, 5) is 11.6. The predicted molar refractivity (Wildman–Crippen MR) is 32.5 cm³/mol. The maximum absolute atomic E-state index is 10.1. The lowest BCUT2D eigenvalue weighted by Crippen LogP contribution is -2.30. The normalized spacial score (nSPS) is 26.8. The van der Waals surface area contributed by atoms with Crippen molar-refractivity contribution < 1.29 is 9.90 Å². The Hall–Kier alpha value is -0.570. The molecule has 0 aromatic rings. The lowest BCUT2D eigenvalue weighted by atomic mass is 10.2. The lowest BCUT2D eigenvalue weighted by Gasteiger charge is -2.14. The molecular weight excluding hydrogens is 118 g/mol. The second-order valence-electron chi connectivity index (χ2n) is 2.26. The van der Waals surface area contributed by atoms with E-state index in [2.05, 4.69) is 0 Å². The van der Waals surface area contributed by atoms with E-state index in [1.807, 2.05) is 0 Å². The van der Waals surface area contributed by atoms with Gasteiger partial charge in [0.25, 0.3) is 0 Å². The molecule has 3 heteroatoms. The van der Waals surface area contributed by atoms with Crippen molar-refractivity contribution >= 4 is 6.41 Å². The van der Waals surface area contributed by atoms with Crippen molar-refractivity contribution in [3.8, 4) is 0 Å². The third-order valence-corrected chi connectivity index (χ3v) is 1.71. The average Bonchev–Trinajstić information content (AvgIpc) is 2.33. The summed E-state index contributed by atoms with van der Waals surface area (Å²) in [5, 5.41) is 8.65. The third-order valence-electron chi connectivity index (χ3n) is 1.71. The van der Waals surface area contributed by atoms with Crippen LogP contribution in [0.5, 0.6) is 0 Å². The van der Waals surface area contributed by atoms with Gasteiger partial charge in [0.1, 0.15) is 0 Å². The van der Waals surface area contributed by atoms with Crippen LogP contribution in [0.15, 0.2) is 0 Å². The molecule has 1 N–H and O–H groups in total. The Morgan fingerprint density at radius 1 is 1.78 bits per heavy atom. The first-order valence-electron chi connectivity index (χ1n) is 3.13. The summed E-state index contributed by atoms with van der Waals surface area (Å²) in [6.07, 6.45) is 3.71. The van der Waals surface area contributed by atoms with Crippen LogP contribution < -0.4 is 0 Å². The highest BCUT2D eigenvalue weighted by atomic mass is 16.3. The van der Waals surface area contributed by atoms with E-state index in [-0.39, 0.29) is 12.6 Å². The zero-order valence-electron chi connectivity index (χ0n) is 5.21. The minimum Gasteiger partial charge on any atom is -0.394 e. The van der Waals surface area contributed by atoms with Crippen LogP contribution >= 0.6 is 0 Å². The van der Waals surface area contributed by atoms with Crippen LogP contribution in [-0.4, -0.2) is 35.6 Å². The summed E-state index contributed by atoms with van der Waals surface area (Å²) in [5.74, 6) is 0. The molecule has 1 aliphatic heterocycles. The Labute approximate surface area is 54.3 Å². The van der Waals surface area contributed by atoms with Crippen molar-refractivity contribution in [2.24, 2.45) is 0 Å². The van der Waals surface area contributed by atoms with E-state index in [4.69, 9.17) is 5.11 Å². The first kappa shape index (κ1) is 6.55. The molecule has 1 rings (SSSR count). The number of aliphatic hydroxyl groups excluding tert-OH is 1. The van der Waals surface area contributed by atoms with Gasteiger partial charge in [-0.3, -0.25) is 4.79 Å². The van der Waals surface area contributed by atoms with Gasteiger partial charge < -0.3 is 10.0 Å². The fourth-order valence-corrected chi connectivity index (χ4v) is 1.15.